The van der Waals surface area contributed by atoms with Crippen LogP contribution in [0.25, 0.3) is 0 Å². The molecule has 3 N–H and O–H groups in total. The van der Waals surface area contributed by atoms with Gasteiger partial charge in [-0.2, -0.15) is 0 Å². The summed E-state index contributed by atoms with van der Waals surface area (Å²) >= 11 is 0. The quantitative estimate of drug-likeness (QED) is 0.746. The Kier molecular flexibility index (Phi) is 4.08. The van der Waals surface area contributed by atoms with E-state index in [0.717, 1.165) is 6.26 Å². The van der Waals surface area contributed by atoms with Crippen LogP contribution in [0.3, 0.4) is 0 Å². The first-order chi connectivity index (χ1) is 9.72. The van der Waals surface area contributed by atoms with Crippen LogP contribution in [-0.2, 0) is 26.5 Å². The summed E-state index contributed by atoms with van der Waals surface area (Å²) in [5, 5.41) is 8.91. The maximum absolute atomic E-state index is 12.1. The number of anilines is 1. The van der Waals surface area contributed by atoms with Crippen molar-refractivity contribution in [3.63, 3.8) is 0 Å². The molecule has 0 aliphatic heterocycles. The van der Waals surface area contributed by atoms with Crippen LogP contribution in [0.5, 0.6) is 0 Å². The zero-order chi connectivity index (χ0) is 15.7. The Bertz CT molecular complexity index is 836. The molecule has 0 amide bonds. The average Bonchev–Trinajstić information content (AvgIpc) is 2.87. The van der Waals surface area contributed by atoms with E-state index in [4.69, 9.17) is 5.11 Å². The highest BCUT2D eigenvalue weighted by molar-refractivity contribution is 7.92. The Morgan fingerprint density at radius 2 is 1.71 bits per heavy atom. The fraction of sp³-hybridized carbons (Fsp3) is 0.167. The van der Waals surface area contributed by atoms with Gasteiger partial charge < -0.3 is 10.1 Å². The third-order valence-electron chi connectivity index (χ3n) is 2.73. The topological polar surface area (TPSA) is 116 Å². The molecule has 0 saturated heterocycles. The van der Waals surface area contributed by atoms with Gasteiger partial charge in [0.15, 0.2) is 9.84 Å². The van der Waals surface area contributed by atoms with Gasteiger partial charge >= 0.3 is 0 Å². The molecular weight excluding hydrogens is 316 g/mol. The van der Waals surface area contributed by atoms with Crippen molar-refractivity contribution >= 4 is 25.5 Å². The highest BCUT2D eigenvalue weighted by Gasteiger charge is 2.16. The van der Waals surface area contributed by atoms with Crippen LogP contribution in [0.2, 0.25) is 0 Å². The smallest absolute Gasteiger partial charge is 0.263 e. The number of sulfonamides is 1. The minimum atomic E-state index is -3.79. The molecule has 9 heteroatoms. The maximum atomic E-state index is 12.1. The molecule has 0 aliphatic carbocycles. The molecule has 0 saturated carbocycles. The zero-order valence-corrected chi connectivity index (χ0v) is 12.7. The van der Waals surface area contributed by atoms with E-state index < -0.39 is 19.9 Å². The highest BCUT2D eigenvalue weighted by Crippen LogP contribution is 2.19. The molecule has 2 aromatic rings. The van der Waals surface area contributed by atoms with Gasteiger partial charge in [0.2, 0.25) is 0 Å². The number of aromatic nitrogens is 1. The number of rotatable bonds is 5. The molecular formula is C12H14N2O5S2. The van der Waals surface area contributed by atoms with Crippen LogP contribution in [0, 0.1) is 0 Å². The molecule has 0 radical (unpaired) electrons. The molecule has 0 bridgehead atoms. The third kappa shape index (κ3) is 3.63. The Hall–Kier alpha value is -1.84. The summed E-state index contributed by atoms with van der Waals surface area (Å²) < 4.78 is 49.1. The Morgan fingerprint density at radius 1 is 1.10 bits per heavy atom. The number of sulfone groups is 1. The monoisotopic (exact) mass is 330 g/mol. The third-order valence-corrected chi connectivity index (χ3v) is 5.22. The lowest BCUT2D eigenvalue weighted by Gasteiger charge is -2.07. The molecule has 0 spiro atoms. The van der Waals surface area contributed by atoms with Gasteiger partial charge in [0.1, 0.15) is 4.90 Å². The predicted molar refractivity (Wildman–Crippen MR) is 77.1 cm³/mol. The normalized spacial score (nSPS) is 12.3. The summed E-state index contributed by atoms with van der Waals surface area (Å²) in [6.45, 7) is -0.293. The van der Waals surface area contributed by atoms with Crippen molar-refractivity contribution in [1.82, 2.24) is 4.98 Å². The largest absolute Gasteiger partial charge is 0.390 e. The molecule has 114 valence electrons. The second-order valence-corrected chi connectivity index (χ2v) is 8.12. The van der Waals surface area contributed by atoms with E-state index in [1.807, 2.05) is 0 Å². The highest BCUT2D eigenvalue weighted by atomic mass is 32.2. The van der Waals surface area contributed by atoms with E-state index in [9.17, 15) is 16.8 Å². The summed E-state index contributed by atoms with van der Waals surface area (Å²) in [5.41, 5.74) is 0.622. The molecule has 0 fully saturated rings. The van der Waals surface area contributed by atoms with Crippen LogP contribution in [0.15, 0.2) is 46.3 Å². The molecule has 1 heterocycles. The van der Waals surface area contributed by atoms with Gasteiger partial charge in [0.25, 0.3) is 10.0 Å². The number of aliphatic hydroxyl groups is 1. The zero-order valence-electron chi connectivity index (χ0n) is 11.1. The Balaban J connectivity index is 2.24. The van der Waals surface area contributed by atoms with Crippen LogP contribution in [0.4, 0.5) is 5.69 Å². The van der Waals surface area contributed by atoms with Crippen molar-refractivity contribution in [3.05, 3.63) is 42.2 Å². The van der Waals surface area contributed by atoms with Gasteiger partial charge in [-0.05, 0) is 30.3 Å². The molecule has 0 unspecified atom stereocenters. The van der Waals surface area contributed by atoms with Crippen molar-refractivity contribution < 1.29 is 21.9 Å². The number of hydrogen-bond acceptors (Lipinski definition) is 5. The second-order valence-electron chi connectivity index (χ2n) is 4.42. The number of nitrogens with one attached hydrogen (secondary N) is 2. The van der Waals surface area contributed by atoms with E-state index in [1.165, 1.54) is 36.5 Å². The van der Waals surface area contributed by atoms with Crippen LogP contribution in [-0.4, -0.2) is 33.2 Å². The van der Waals surface area contributed by atoms with E-state index in [1.54, 1.807) is 0 Å². The minimum Gasteiger partial charge on any atom is -0.390 e. The Morgan fingerprint density at radius 3 is 2.19 bits per heavy atom. The molecule has 21 heavy (non-hydrogen) atoms. The first-order valence-corrected chi connectivity index (χ1v) is 9.21. The fourth-order valence-corrected chi connectivity index (χ4v) is 3.36. The van der Waals surface area contributed by atoms with Crippen LogP contribution in [0.1, 0.15) is 5.69 Å². The van der Waals surface area contributed by atoms with Gasteiger partial charge in [-0.25, -0.2) is 16.8 Å². The van der Waals surface area contributed by atoms with Crippen molar-refractivity contribution in [2.45, 2.75) is 16.4 Å². The number of hydrogen-bond donors (Lipinski definition) is 3. The van der Waals surface area contributed by atoms with Gasteiger partial charge in [0, 0.05) is 23.8 Å². The molecule has 2 rings (SSSR count). The Labute approximate surface area is 122 Å². The van der Waals surface area contributed by atoms with E-state index >= 15 is 0 Å². The van der Waals surface area contributed by atoms with Crippen LogP contribution >= 0.6 is 0 Å². The second kappa shape index (κ2) is 5.51. The van der Waals surface area contributed by atoms with E-state index in [-0.39, 0.29) is 22.1 Å². The molecule has 7 nitrogen and oxygen atoms in total. The maximum Gasteiger partial charge on any atom is 0.263 e. The van der Waals surface area contributed by atoms with Gasteiger partial charge in [-0.3, -0.25) is 4.72 Å². The predicted octanol–water partition coefficient (Wildman–Crippen LogP) is 0.711. The fourth-order valence-electron chi connectivity index (χ4n) is 1.65. The average molecular weight is 330 g/mol. The minimum absolute atomic E-state index is 0.0151. The van der Waals surface area contributed by atoms with E-state index in [2.05, 4.69) is 9.71 Å². The van der Waals surface area contributed by atoms with Gasteiger partial charge in [-0.1, -0.05) is 0 Å². The number of aromatic amines is 1. The molecule has 1 aromatic heterocycles. The molecule has 1 aromatic carbocycles. The van der Waals surface area contributed by atoms with Crippen LogP contribution < -0.4 is 4.72 Å². The number of benzene rings is 1. The molecule has 0 aliphatic rings. The summed E-state index contributed by atoms with van der Waals surface area (Å²) in [7, 11) is -7.12. The first-order valence-electron chi connectivity index (χ1n) is 5.83. The standard InChI is InChI=1S/C12H14N2O5S2/c1-20(16,17)11-4-2-9(3-5-11)14-21(18,19)12-6-10(8-15)13-7-12/h2-7,13-15H,8H2,1H3. The lowest BCUT2D eigenvalue weighted by atomic mass is 10.3. The first kappa shape index (κ1) is 15.5. The SMILES string of the molecule is CS(=O)(=O)c1ccc(NS(=O)(=O)c2c[nH]c(CO)c2)cc1. The lowest BCUT2D eigenvalue weighted by Crippen LogP contribution is -2.12. The van der Waals surface area contributed by atoms with Crippen molar-refractivity contribution in [3.8, 4) is 0 Å². The van der Waals surface area contributed by atoms with Crippen molar-refractivity contribution in [2.75, 3.05) is 11.0 Å². The van der Waals surface area contributed by atoms with E-state index in [0.29, 0.717) is 5.69 Å². The number of H-pyrrole nitrogens is 1. The summed E-state index contributed by atoms with van der Waals surface area (Å²) in [5.74, 6) is 0. The van der Waals surface area contributed by atoms with Crippen molar-refractivity contribution in [1.29, 1.82) is 0 Å². The van der Waals surface area contributed by atoms with Crippen molar-refractivity contribution in [2.24, 2.45) is 0 Å². The number of aliphatic hydroxyl groups excluding tert-OH is 1. The van der Waals surface area contributed by atoms with Gasteiger partial charge in [0.05, 0.1) is 11.5 Å². The summed E-state index contributed by atoms with van der Waals surface area (Å²) in [6, 6.07) is 6.70. The molecule has 0 atom stereocenters. The summed E-state index contributed by atoms with van der Waals surface area (Å²) in [4.78, 5) is 2.72. The van der Waals surface area contributed by atoms with Gasteiger partial charge in [-0.15, -0.1) is 0 Å². The summed E-state index contributed by atoms with van der Waals surface area (Å²) in [6.07, 6.45) is 2.33. The lowest BCUT2D eigenvalue weighted by molar-refractivity contribution is 0.277.